The average molecular weight is 577 g/mol. The van der Waals surface area contributed by atoms with Gasteiger partial charge in [0.15, 0.2) is 0 Å². The molecule has 0 aromatic rings. The number of hydrogen-bond donors (Lipinski definition) is 3. The fourth-order valence-corrected chi connectivity index (χ4v) is 4.92. The summed E-state index contributed by atoms with van der Waals surface area (Å²) >= 11 is 0. The number of aliphatic hydroxyl groups is 1. The SMILES string of the molecule is CCCCCCCCCCCCCCCCCC(=O)O.CNCO.O=C1C=C(N2CC2)C(=O)C(N2CC2)=C1N1CC1. The third-order valence-electron chi connectivity index (χ3n) is 7.64. The van der Waals surface area contributed by atoms with Gasteiger partial charge < -0.3 is 24.9 Å². The van der Waals surface area contributed by atoms with Crippen molar-refractivity contribution in [2.45, 2.75) is 110 Å². The minimum absolute atomic E-state index is 0.00546. The van der Waals surface area contributed by atoms with Gasteiger partial charge in [-0.1, -0.05) is 96.8 Å². The molecular formula is C32H56N4O5. The quantitative estimate of drug-likeness (QED) is 0.0824. The first-order valence-corrected chi connectivity index (χ1v) is 16.2. The molecule has 1 aliphatic carbocycles. The Labute approximate surface area is 248 Å². The van der Waals surface area contributed by atoms with Crippen LogP contribution in [0.25, 0.3) is 0 Å². The van der Waals surface area contributed by atoms with Gasteiger partial charge in [-0.3, -0.25) is 19.7 Å². The molecule has 4 aliphatic rings. The summed E-state index contributed by atoms with van der Waals surface area (Å²) in [6.45, 7) is 7.75. The molecule has 4 rings (SSSR count). The van der Waals surface area contributed by atoms with Crippen LogP contribution in [0.5, 0.6) is 0 Å². The van der Waals surface area contributed by atoms with Gasteiger partial charge in [-0.2, -0.15) is 0 Å². The summed E-state index contributed by atoms with van der Waals surface area (Å²) < 4.78 is 0. The first-order valence-electron chi connectivity index (χ1n) is 16.2. The molecule has 234 valence electrons. The monoisotopic (exact) mass is 576 g/mol. The number of carboxylic acids is 1. The summed E-state index contributed by atoms with van der Waals surface area (Å²) in [4.78, 5) is 40.8. The number of aliphatic hydroxyl groups excluding tert-OH is 1. The molecule has 0 aromatic carbocycles. The number of nitrogens with one attached hydrogen (secondary N) is 1. The molecule has 3 N–H and O–H groups in total. The van der Waals surface area contributed by atoms with Gasteiger partial charge in [0.05, 0.1) is 12.4 Å². The molecule has 9 nitrogen and oxygen atoms in total. The van der Waals surface area contributed by atoms with Gasteiger partial charge in [0.2, 0.25) is 11.6 Å². The van der Waals surface area contributed by atoms with Crippen molar-refractivity contribution in [3.63, 3.8) is 0 Å². The topological polar surface area (TPSA) is 113 Å². The van der Waals surface area contributed by atoms with Crippen LogP contribution in [0, 0.1) is 0 Å². The van der Waals surface area contributed by atoms with Gasteiger partial charge >= 0.3 is 5.97 Å². The molecule has 9 heteroatoms. The predicted octanol–water partition coefficient (Wildman–Crippen LogP) is 4.67. The average Bonchev–Trinajstić information content (AvgIpc) is 3.80. The normalized spacial score (nSPS) is 17.0. The van der Waals surface area contributed by atoms with Crippen molar-refractivity contribution in [2.24, 2.45) is 0 Å². The Morgan fingerprint density at radius 2 is 1.10 bits per heavy atom. The van der Waals surface area contributed by atoms with Gasteiger partial charge in [0.1, 0.15) is 11.4 Å². The highest BCUT2D eigenvalue weighted by molar-refractivity contribution is 6.22. The number of carbonyl (C=O) groups excluding carboxylic acids is 2. The molecule has 0 atom stereocenters. The van der Waals surface area contributed by atoms with Gasteiger partial charge in [-0.25, -0.2) is 0 Å². The predicted molar refractivity (Wildman–Crippen MR) is 163 cm³/mol. The van der Waals surface area contributed by atoms with Crippen LogP contribution < -0.4 is 5.32 Å². The number of nitrogens with zero attached hydrogens (tertiary/aromatic N) is 3. The number of unbranched alkanes of at least 4 members (excludes halogenated alkanes) is 14. The first-order chi connectivity index (χ1) is 19.9. The lowest BCUT2D eigenvalue weighted by Crippen LogP contribution is -2.29. The Balaban J connectivity index is 0.000000255. The van der Waals surface area contributed by atoms with E-state index >= 15 is 0 Å². The second-order valence-electron chi connectivity index (χ2n) is 11.5. The smallest absolute Gasteiger partial charge is 0.303 e. The summed E-state index contributed by atoms with van der Waals surface area (Å²) in [7, 11) is 1.68. The van der Waals surface area contributed by atoms with Crippen molar-refractivity contribution in [1.29, 1.82) is 0 Å². The van der Waals surface area contributed by atoms with Crippen LogP contribution in [-0.4, -0.2) is 95.5 Å². The number of hydrogen-bond acceptors (Lipinski definition) is 8. The second-order valence-corrected chi connectivity index (χ2v) is 11.5. The zero-order valence-electron chi connectivity index (χ0n) is 25.8. The van der Waals surface area contributed by atoms with E-state index in [1.165, 1.54) is 89.5 Å². The summed E-state index contributed by atoms with van der Waals surface area (Å²) in [6.07, 6.45) is 21.7. The number of carboxylic acid groups (broad SMARTS) is 1. The Hall–Kier alpha value is -2.39. The van der Waals surface area contributed by atoms with E-state index in [4.69, 9.17) is 10.2 Å². The van der Waals surface area contributed by atoms with Crippen LogP contribution in [0.3, 0.4) is 0 Å². The van der Waals surface area contributed by atoms with Crippen LogP contribution in [0.2, 0.25) is 0 Å². The van der Waals surface area contributed by atoms with E-state index in [-0.39, 0.29) is 18.3 Å². The van der Waals surface area contributed by atoms with E-state index in [1.54, 1.807) is 7.05 Å². The summed E-state index contributed by atoms with van der Waals surface area (Å²) in [6, 6.07) is 0. The summed E-state index contributed by atoms with van der Waals surface area (Å²) in [5.74, 6) is -0.605. The lowest BCUT2D eigenvalue weighted by molar-refractivity contribution is -0.137. The molecule has 3 heterocycles. The molecular weight excluding hydrogens is 520 g/mol. The fraction of sp³-hybridized carbons (Fsp3) is 0.781. The van der Waals surface area contributed by atoms with Gasteiger partial charge in [0, 0.05) is 51.8 Å². The van der Waals surface area contributed by atoms with Crippen molar-refractivity contribution >= 4 is 17.5 Å². The van der Waals surface area contributed by atoms with Gasteiger partial charge in [-0.15, -0.1) is 0 Å². The van der Waals surface area contributed by atoms with Crippen molar-refractivity contribution in [3.8, 4) is 0 Å². The van der Waals surface area contributed by atoms with Crippen LogP contribution in [-0.2, 0) is 14.4 Å². The largest absolute Gasteiger partial charge is 0.481 e. The highest BCUT2D eigenvalue weighted by Crippen LogP contribution is 2.33. The maximum Gasteiger partial charge on any atom is 0.303 e. The molecule has 0 unspecified atom stereocenters. The van der Waals surface area contributed by atoms with E-state index < -0.39 is 5.97 Å². The lowest BCUT2D eigenvalue weighted by atomic mass is 10.0. The van der Waals surface area contributed by atoms with Crippen molar-refractivity contribution < 1.29 is 24.6 Å². The molecule has 0 spiro atoms. The molecule has 3 aliphatic heterocycles. The Bertz CT molecular complexity index is 858. The molecule has 0 saturated carbocycles. The molecule has 3 saturated heterocycles. The van der Waals surface area contributed by atoms with E-state index in [0.717, 1.165) is 52.1 Å². The van der Waals surface area contributed by atoms with Crippen LogP contribution >= 0.6 is 0 Å². The zero-order valence-corrected chi connectivity index (χ0v) is 25.8. The van der Waals surface area contributed by atoms with Crippen molar-refractivity contribution in [2.75, 3.05) is 53.0 Å². The zero-order chi connectivity index (χ0) is 29.9. The third-order valence-corrected chi connectivity index (χ3v) is 7.64. The highest BCUT2D eigenvalue weighted by Gasteiger charge is 2.43. The maximum atomic E-state index is 12.4. The number of carbonyl (C=O) groups is 3. The number of allylic oxidation sites excluding steroid dienone is 1. The minimum Gasteiger partial charge on any atom is -0.481 e. The van der Waals surface area contributed by atoms with Crippen LogP contribution in [0.1, 0.15) is 110 Å². The second kappa shape index (κ2) is 20.5. The van der Waals surface area contributed by atoms with Crippen LogP contribution in [0.15, 0.2) is 23.2 Å². The molecule has 0 amide bonds. The van der Waals surface area contributed by atoms with E-state index in [1.807, 2.05) is 14.7 Å². The van der Waals surface area contributed by atoms with E-state index in [2.05, 4.69) is 12.2 Å². The number of aliphatic carboxylic acids is 1. The van der Waals surface area contributed by atoms with Crippen molar-refractivity contribution in [3.05, 3.63) is 23.2 Å². The fourth-order valence-electron chi connectivity index (χ4n) is 4.92. The van der Waals surface area contributed by atoms with Gasteiger partial charge in [0.25, 0.3) is 0 Å². The standard InChI is InChI=1S/C18H36O2.C12H13N3O2.C2H7NO/c1-2-3-4-5-6-7-8-9-10-11-12-13-14-15-16-17-18(19)20;16-9-7-8(13-1-2-13)12(17)11(15-5-6-15)10(9)14-3-4-14;1-3-2-4/h2-17H2,1H3,(H,19,20);7H,1-6H2;3-4H,2H2,1H3. The number of Topliss-reactive ketones (excluding diaryl/α,β-unsaturated/α-hetero) is 1. The molecule has 41 heavy (non-hydrogen) atoms. The van der Waals surface area contributed by atoms with E-state index in [9.17, 15) is 14.4 Å². The molecule has 3 fully saturated rings. The number of rotatable bonds is 20. The number of ketones is 2. The Kier molecular flexibility index (Phi) is 17.4. The summed E-state index contributed by atoms with van der Waals surface area (Å²) in [5.41, 5.74) is 1.89. The third kappa shape index (κ3) is 14.9. The Morgan fingerprint density at radius 3 is 1.46 bits per heavy atom. The molecule has 0 aromatic heterocycles. The van der Waals surface area contributed by atoms with Crippen LogP contribution in [0.4, 0.5) is 0 Å². The molecule has 0 bridgehead atoms. The highest BCUT2D eigenvalue weighted by atomic mass is 16.4. The van der Waals surface area contributed by atoms with E-state index in [0.29, 0.717) is 23.5 Å². The lowest BCUT2D eigenvalue weighted by Gasteiger charge is -2.21. The first kappa shape index (κ1) is 34.8. The van der Waals surface area contributed by atoms with Gasteiger partial charge in [-0.05, 0) is 13.5 Å². The maximum absolute atomic E-state index is 12.4. The minimum atomic E-state index is -0.653. The Morgan fingerprint density at radius 1 is 0.707 bits per heavy atom. The van der Waals surface area contributed by atoms with Crippen molar-refractivity contribution in [1.82, 2.24) is 20.0 Å². The molecule has 0 radical (unpaired) electrons. The summed E-state index contributed by atoms with van der Waals surface area (Å²) in [5, 5.41) is 18.8.